The van der Waals surface area contributed by atoms with Crippen molar-refractivity contribution in [2.45, 2.75) is 38.3 Å². The first kappa shape index (κ1) is 16.9. The Labute approximate surface area is 134 Å². The van der Waals surface area contributed by atoms with Gasteiger partial charge in [-0.1, -0.05) is 6.07 Å². The Hall–Kier alpha value is -2.44. The summed E-state index contributed by atoms with van der Waals surface area (Å²) >= 11 is 0. The predicted octanol–water partition coefficient (Wildman–Crippen LogP) is 1.84. The number of nitrogens with one attached hydrogen (secondary N) is 2. The summed E-state index contributed by atoms with van der Waals surface area (Å²) in [6.45, 7) is 0.286. The molecule has 0 heterocycles. The molecule has 0 spiro atoms. The number of carboxylic acid groups (broad SMARTS) is 1. The highest BCUT2D eigenvalue weighted by molar-refractivity contribution is 5.74. The molecular weight excluding hydrogens is 300 g/mol. The van der Waals surface area contributed by atoms with Gasteiger partial charge in [0, 0.05) is 12.6 Å². The minimum atomic E-state index is -0.757. The summed E-state index contributed by atoms with van der Waals surface area (Å²) in [6.07, 6.45) is 2.53. The highest BCUT2D eigenvalue weighted by Gasteiger charge is 2.26. The van der Waals surface area contributed by atoms with Gasteiger partial charge in [-0.3, -0.25) is 4.79 Å². The number of benzene rings is 1. The van der Waals surface area contributed by atoms with Gasteiger partial charge in [0.1, 0.15) is 0 Å². The van der Waals surface area contributed by atoms with Crippen LogP contribution in [-0.4, -0.2) is 35.4 Å². The Balaban J connectivity index is 1.75. The lowest BCUT2D eigenvalue weighted by Crippen LogP contribution is -2.43. The van der Waals surface area contributed by atoms with E-state index in [4.69, 9.17) is 9.84 Å². The first-order valence-corrected chi connectivity index (χ1v) is 7.62. The summed E-state index contributed by atoms with van der Waals surface area (Å²) in [4.78, 5) is 22.8. The molecule has 7 heteroatoms. The molecule has 0 radical (unpaired) electrons. The molecule has 1 aliphatic rings. The van der Waals surface area contributed by atoms with Crippen LogP contribution >= 0.6 is 0 Å². The number of carboxylic acids is 1. The number of aromatic hydroxyl groups is 1. The standard InChI is InChI=1S/C16H22N2O5/c1-23-14-7-2-10(8-13(14)19)9-17-16(22)18-12-5-3-11(4-6-12)15(20)21/h2,7-8,11-12,19H,3-6,9H2,1H3,(H,20,21)(H2,17,18,22). The molecule has 0 aliphatic heterocycles. The van der Waals surface area contributed by atoms with E-state index in [2.05, 4.69) is 10.6 Å². The van der Waals surface area contributed by atoms with E-state index in [1.54, 1.807) is 12.1 Å². The highest BCUT2D eigenvalue weighted by atomic mass is 16.5. The van der Waals surface area contributed by atoms with Crippen molar-refractivity contribution in [2.75, 3.05) is 7.11 Å². The van der Waals surface area contributed by atoms with E-state index in [1.165, 1.54) is 13.2 Å². The Morgan fingerprint density at radius 2 is 1.96 bits per heavy atom. The third kappa shape index (κ3) is 4.77. The summed E-state index contributed by atoms with van der Waals surface area (Å²) in [7, 11) is 1.47. The number of amides is 2. The van der Waals surface area contributed by atoms with E-state index >= 15 is 0 Å². The fraction of sp³-hybridized carbons (Fsp3) is 0.500. The maximum atomic E-state index is 11.9. The van der Waals surface area contributed by atoms with Crippen LogP contribution in [0.3, 0.4) is 0 Å². The van der Waals surface area contributed by atoms with Crippen molar-refractivity contribution in [3.05, 3.63) is 23.8 Å². The van der Waals surface area contributed by atoms with Crippen LogP contribution in [0.1, 0.15) is 31.2 Å². The zero-order valence-corrected chi connectivity index (χ0v) is 13.0. The van der Waals surface area contributed by atoms with Gasteiger partial charge in [0.2, 0.25) is 0 Å². The van der Waals surface area contributed by atoms with Crippen LogP contribution in [0, 0.1) is 5.92 Å². The van der Waals surface area contributed by atoms with Crippen LogP contribution < -0.4 is 15.4 Å². The second-order valence-corrected chi connectivity index (χ2v) is 5.72. The lowest BCUT2D eigenvalue weighted by molar-refractivity contribution is -0.142. The van der Waals surface area contributed by atoms with Gasteiger partial charge in [0.25, 0.3) is 0 Å². The van der Waals surface area contributed by atoms with E-state index in [0.29, 0.717) is 31.4 Å². The second kappa shape index (κ2) is 7.71. The zero-order valence-electron chi connectivity index (χ0n) is 13.0. The molecule has 1 fully saturated rings. The van der Waals surface area contributed by atoms with E-state index in [1.807, 2.05) is 0 Å². The lowest BCUT2D eigenvalue weighted by Gasteiger charge is -2.26. The number of phenolic OH excluding ortho intramolecular Hbond substituents is 1. The number of rotatable bonds is 5. The Kier molecular flexibility index (Phi) is 5.67. The van der Waals surface area contributed by atoms with Crippen LogP contribution in [0.25, 0.3) is 0 Å². The predicted molar refractivity (Wildman–Crippen MR) is 83.4 cm³/mol. The van der Waals surface area contributed by atoms with Gasteiger partial charge in [0.15, 0.2) is 11.5 Å². The topological polar surface area (TPSA) is 108 Å². The molecule has 0 bridgehead atoms. The normalized spacial score (nSPS) is 20.6. The van der Waals surface area contributed by atoms with Gasteiger partial charge >= 0.3 is 12.0 Å². The molecule has 2 amide bonds. The minimum absolute atomic E-state index is 0.00914. The van der Waals surface area contributed by atoms with E-state index < -0.39 is 5.97 Å². The maximum absolute atomic E-state index is 11.9. The fourth-order valence-corrected chi connectivity index (χ4v) is 2.75. The third-order valence-electron chi connectivity index (χ3n) is 4.11. The van der Waals surface area contributed by atoms with Gasteiger partial charge in [-0.05, 0) is 43.4 Å². The monoisotopic (exact) mass is 322 g/mol. The SMILES string of the molecule is COc1ccc(CNC(=O)NC2CCC(C(=O)O)CC2)cc1O. The van der Waals surface area contributed by atoms with E-state index in [-0.39, 0.29) is 30.3 Å². The van der Waals surface area contributed by atoms with Crippen molar-refractivity contribution in [3.8, 4) is 11.5 Å². The quantitative estimate of drug-likeness (QED) is 0.661. The van der Waals surface area contributed by atoms with E-state index in [0.717, 1.165) is 5.56 Å². The van der Waals surface area contributed by atoms with Crippen LogP contribution in [0.15, 0.2) is 18.2 Å². The zero-order chi connectivity index (χ0) is 16.8. The van der Waals surface area contributed by atoms with Gasteiger partial charge < -0.3 is 25.6 Å². The molecule has 0 unspecified atom stereocenters. The molecule has 126 valence electrons. The number of hydrogen-bond donors (Lipinski definition) is 4. The van der Waals surface area contributed by atoms with Crippen molar-refractivity contribution in [1.82, 2.24) is 10.6 Å². The first-order valence-electron chi connectivity index (χ1n) is 7.62. The first-order chi connectivity index (χ1) is 11.0. The number of hydrogen-bond acceptors (Lipinski definition) is 4. The molecule has 1 aliphatic carbocycles. The fourth-order valence-electron chi connectivity index (χ4n) is 2.75. The number of aliphatic carboxylic acids is 1. The molecule has 1 saturated carbocycles. The van der Waals surface area contributed by atoms with Crippen LogP contribution in [0.5, 0.6) is 11.5 Å². The molecule has 23 heavy (non-hydrogen) atoms. The molecular formula is C16H22N2O5. The van der Waals surface area contributed by atoms with E-state index in [9.17, 15) is 14.7 Å². The number of carbonyl (C=O) groups is 2. The van der Waals surface area contributed by atoms with Crippen molar-refractivity contribution in [1.29, 1.82) is 0 Å². The number of urea groups is 1. The van der Waals surface area contributed by atoms with Gasteiger partial charge in [-0.25, -0.2) is 4.79 Å². The van der Waals surface area contributed by atoms with Gasteiger partial charge in [-0.15, -0.1) is 0 Å². The molecule has 0 atom stereocenters. The van der Waals surface area contributed by atoms with Crippen LogP contribution in [0.2, 0.25) is 0 Å². The number of phenols is 1. The number of ether oxygens (including phenoxy) is 1. The molecule has 1 aromatic rings. The third-order valence-corrected chi connectivity index (χ3v) is 4.11. The smallest absolute Gasteiger partial charge is 0.315 e. The van der Waals surface area contributed by atoms with Crippen molar-refractivity contribution in [3.63, 3.8) is 0 Å². The molecule has 7 nitrogen and oxygen atoms in total. The summed E-state index contributed by atoms with van der Waals surface area (Å²) in [5.74, 6) is -0.641. The Bertz CT molecular complexity index is 568. The summed E-state index contributed by atoms with van der Waals surface area (Å²) in [5.41, 5.74) is 0.757. The summed E-state index contributed by atoms with van der Waals surface area (Å²) < 4.78 is 4.96. The number of carbonyl (C=O) groups excluding carboxylic acids is 1. The lowest BCUT2D eigenvalue weighted by atomic mass is 9.86. The molecule has 2 rings (SSSR count). The summed E-state index contributed by atoms with van der Waals surface area (Å²) in [5, 5.41) is 24.2. The largest absolute Gasteiger partial charge is 0.504 e. The van der Waals surface area contributed by atoms with Crippen LogP contribution in [-0.2, 0) is 11.3 Å². The van der Waals surface area contributed by atoms with Gasteiger partial charge in [-0.2, -0.15) is 0 Å². The highest BCUT2D eigenvalue weighted by Crippen LogP contribution is 2.26. The second-order valence-electron chi connectivity index (χ2n) is 5.72. The molecule has 1 aromatic carbocycles. The molecule has 0 saturated heterocycles. The minimum Gasteiger partial charge on any atom is -0.504 e. The molecule has 4 N–H and O–H groups in total. The van der Waals surface area contributed by atoms with Crippen molar-refractivity contribution in [2.24, 2.45) is 5.92 Å². The average Bonchev–Trinajstić information content (AvgIpc) is 2.53. The van der Waals surface area contributed by atoms with Gasteiger partial charge in [0.05, 0.1) is 13.0 Å². The van der Waals surface area contributed by atoms with Crippen molar-refractivity contribution >= 4 is 12.0 Å². The molecule has 0 aromatic heterocycles. The Morgan fingerprint density at radius 3 is 2.52 bits per heavy atom. The van der Waals surface area contributed by atoms with Crippen LogP contribution in [0.4, 0.5) is 4.79 Å². The summed E-state index contributed by atoms with van der Waals surface area (Å²) in [6, 6.07) is 4.65. The number of methoxy groups -OCH3 is 1. The van der Waals surface area contributed by atoms with Crippen molar-refractivity contribution < 1.29 is 24.5 Å². The Morgan fingerprint density at radius 1 is 1.26 bits per heavy atom. The maximum Gasteiger partial charge on any atom is 0.315 e. The average molecular weight is 322 g/mol.